The van der Waals surface area contributed by atoms with E-state index in [1.807, 2.05) is 0 Å². The smallest absolute Gasteiger partial charge is 0.336 e. The van der Waals surface area contributed by atoms with E-state index in [-0.39, 0.29) is 16.7 Å². The standard InChI is InChI=1S/C24H38O5/c1-4-5-6-7-8-9-10-11-12-13-14-15-16-29-21-17-20(23(25)26)18(2)22(19(21)3)24(27)28/h17H,4-16H2,1-3H3,(H,25,26)(H,27,28). The molecule has 29 heavy (non-hydrogen) atoms. The SMILES string of the molecule is CCCCCCCCCCCCCCOc1cc(C(=O)O)c(C)c(C(=O)O)c1C. The summed E-state index contributed by atoms with van der Waals surface area (Å²) in [5.41, 5.74) is 0.756. The maximum absolute atomic E-state index is 11.5. The first-order valence-electron chi connectivity index (χ1n) is 11.1. The van der Waals surface area contributed by atoms with Crippen LogP contribution in [0.1, 0.15) is 116 Å². The Morgan fingerprint density at radius 1 is 0.759 bits per heavy atom. The Morgan fingerprint density at radius 3 is 1.69 bits per heavy atom. The van der Waals surface area contributed by atoms with Gasteiger partial charge in [0.25, 0.3) is 0 Å². The van der Waals surface area contributed by atoms with Gasteiger partial charge in [-0.05, 0) is 31.9 Å². The molecular formula is C24H38O5. The van der Waals surface area contributed by atoms with Crippen molar-refractivity contribution in [3.63, 3.8) is 0 Å². The van der Waals surface area contributed by atoms with Crippen molar-refractivity contribution in [3.05, 3.63) is 28.3 Å². The normalized spacial score (nSPS) is 10.9. The Labute approximate surface area is 175 Å². The Hall–Kier alpha value is -2.04. The second-order valence-electron chi connectivity index (χ2n) is 7.90. The molecule has 0 saturated carbocycles. The molecule has 0 amide bonds. The molecule has 0 heterocycles. The highest BCUT2D eigenvalue weighted by atomic mass is 16.5. The molecule has 0 atom stereocenters. The van der Waals surface area contributed by atoms with Crippen LogP contribution in [0.3, 0.4) is 0 Å². The molecule has 0 aromatic heterocycles. The Kier molecular flexibility index (Phi) is 12.1. The van der Waals surface area contributed by atoms with Crippen LogP contribution in [0.4, 0.5) is 0 Å². The van der Waals surface area contributed by atoms with Crippen LogP contribution in [0.25, 0.3) is 0 Å². The fourth-order valence-electron chi connectivity index (χ4n) is 3.70. The highest BCUT2D eigenvalue weighted by molar-refractivity contribution is 5.98. The number of benzene rings is 1. The van der Waals surface area contributed by atoms with Crippen molar-refractivity contribution in [1.82, 2.24) is 0 Å². The Morgan fingerprint density at radius 2 is 1.24 bits per heavy atom. The second-order valence-corrected chi connectivity index (χ2v) is 7.90. The van der Waals surface area contributed by atoms with Crippen LogP contribution in [0.2, 0.25) is 0 Å². The lowest BCUT2D eigenvalue weighted by Crippen LogP contribution is -2.12. The van der Waals surface area contributed by atoms with Gasteiger partial charge in [-0.1, -0.05) is 77.6 Å². The van der Waals surface area contributed by atoms with Gasteiger partial charge in [-0.15, -0.1) is 0 Å². The molecule has 0 aliphatic carbocycles. The predicted octanol–water partition coefficient (Wildman–Crippen LogP) is 6.78. The molecule has 0 aliphatic heterocycles. The summed E-state index contributed by atoms with van der Waals surface area (Å²) in [5.74, 6) is -1.91. The summed E-state index contributed by atoms with van der Waals surface area (Å²) < 4.78 is 5.74. The molecule has 0 unspecified atom stereocenters. The number of ether oxygens (including phenoxy) is 1. The summed E-state index contributed by atoms with van der Waals surface area (Å²) >= 11 is 0. The number of carbonyl (C=O) groups is 2. The number of carboxylic acid groups (broad SMARTS) is 2. The van der Waals surface area contributed by atoms with E-state index in [0.29, 0.717) is 17.9 Å². The van der Waals surface area contributed by atoms with Crippen LogP contribution < -0.4 is 4.74 Å². The minimum Gasteiger partial charge on any atom is -0.493 e. The fourth-order valence-corrected chi connectivity index (χ4v) is 3.70. The van der Waals surface area contributed by atoms with Crippen molar-refractivity contribution in [1.29, 1.82) is 0 Å². The van der Waals surface area contributed by atoms with Crippen LogP contribution in [0.5, 0.6) is 5.75 Å². The molecule has 1 rings (SSSR count). The first kappa shape index (κ1) is 25.0. The van der Waals surface area contributed by atoms with E-state index in [4.69, 9.17) is 4.74 Å². The van der Waals surface area contributed by atoms with Crippen LogP contribution in [0, 0.1) is 13.8 Å². The van der Waals surface area contributed by atoms with Crippen LogP contribution >= 0.6 is 0 Å². The number of rotatable bonds is 16. The van der Waals surface area contributed by atoms with E-state index in [9.17, 15) is 19.8 Å². The lowest BCUT2D eigenvalue weighted by molar-refractivity contribution is 0.0694. The summed E-state index contributed by atoms with van der Waals surface area (Å²) in [5, 5.41) is 18.7. The van der Waals surface area contributed by atoms with Crippen molar-refractivity contribution in [2.24, 2.45) is 0 Å². The van der Waals surface area contributed by atoms with Crippen LogP contribution in [-0.4, -0.2) is 28.8 Å². The number of carboxylic acids is 2. The minimum atomic E-state index is -1.14. The second kappa shape index (κ2) is 14.0. The van der Waals surface area contributed by atoms with Gasteiger partial charge < -0.3 is 14.9 Å². The van der Waals surface area contributed by atoms with Crippen molar-refractivity contribution < 1.29 is 24.5 Å². The van der Waals surface area contributed by atoms with Crippen molar-refractivity contribution in [3.8, 4) is 5.75 Å². The van der Waals surface area contributed by atoms with E-state index < -0.39 is 11.9 Å². The highest BCUT2D eigenvalue weighted by Crippen LogP contribution is 2.28. The van der Waals surface area contributed by atoms with Crippen molar-refractivity contribution in [2.75, 3.05) is 6.61 Å². The molecule has 5 nitrogen and oxygen atoms in total. The van der Waals surface area contributed by atoms with E-state index in [0.717, 1.165) is 12.8 Å². The summed E-state index contributed by atoms with van der Waals surface area (Å²) in [6.45, 7) is 5.90. The summed E-state index contributed by atoms with van der Waals surface area (Å²) in [6, 6.07) is 1.44. The number of unbranched alkanes of at least 4 members (excludes halogenated alkanes) is 11. The van der Waals surface area contributed by atoms with Crippen LogP contribution in [-0.2, 0) is 0 Å². The van der Waals surface area contributed by atoms with Crippen molar-refractivity contribution in [2.45, 2.75) is 97.8 Å². The van der Waals surface area contributed by atoms with Gasteiger partial charge in [0.05, 0.1) is 17.7 Å². The molecule has 0 spiro atoms. The van der Waals surface area contributed by atoms with Crippen molar-refractivity contribution >= 4 is 11.9 Å². The molecule has 0 saturated heterocycles. The van der Waals surface area contributed by atoms with E-state index in [1.54, 1.807) is 6.92 Å². The van der Waals surface area contributed by atoms with Gasteiger partial charge in [-0.25, -0.2) is 9.59 Å². The van der Waals surface area contributed by atoms with Gasteiger partial charge in [0.1, 0.15) is 5.75 Å². The number of hydrogen-bond donors (Lipinski definition) is 2. The number of hydrogen-bond acceptors (Lipinski definition) is 3. The third-order valence-corrected chi connectivity index (χ3v) is 5.50. The molecule has 164 valence electrons. The largest absolute Gasteiger partial charge is 0.493 e. The third-order valence-electron chi connectivity index (χ3n) is 5.50. The van der Waals surface area contributed by atoms with Gasteiger partial charge in [0, 0.05) is 5.56 Å². The zero-order valence-corrected chi connectivity index (χ0v) is 18.4. The quantitative estimate of drug-likeness (QED) is 0.296. The van der Waals surface area contributed by atoms with E-state index in [2.05, 4.69) is 6.92 Å². The molecule has 1 aromatic rings. The Bertz CT molecular complexity index is 651. The maximum Gasteiger partial charge on any atom is 0.336 e. The topological polar surface area (TPSA) is 83.8 Å². The highest BCUT2D eigenvalue weighted by Gasteiger charge is 2.21. The first-order chi connectivity index (χ1) is 13.9. The lowest BCUT2D eigenvalue weighted by atomic mass is 9.96. The molecule has 0 fully saturated rings. The monoisotopic (exact) mass is 406 g/mol. The van der Waals surface area contributed by atoms with E-state index >= 15 is 0 Å². The summed E-state index contributed by atoms with van der Waals surface area (Å²) in [6.07, 6.45) is 15.1. The van der Waals surface area contributed by atoms with Gasteiger partial charge in [0.15, 0.2) is 0 Å². The molecular weight excluding hydrogens is 368 g/mol. The lowest BCUT2D eigenvalue weighted by Gasteiger charge is -2.15. The predicted molar refractivity (Wildman–Crippen MR) is 116 cm³/mol. The Balaban J connectivity index is 2.30. The first-order valence-corrected chi connectivity index (χ1v) is 11.1. The van der Waals surface area contributed by atoms with Gasteiger partial charge in [-0.3, -0.25) is 0 Å². The molecule has 0 bridgehead atoms. The van der Waals surface area contributed by atoms with Gasteiger partial charge in [0.2, 0.25) is 0 Å². The molecule has 0 radical (unpaired) electrons. The van der Waals surface area contributed by atoms with Crippen LogP contribution in [0.15, 0.2) is 6.07 Å². The molecule has 2 N–H and O–H groups in total. The molecule has 5 heteroatoms. The zero-order valence-electron chi connectivity index (χ0n) is 18.4. The van der Waals surface area contributed by atoms with Gasteiger partial charge >= 0.3 is 11.9 Å². The maximum atomic E-state index is 11.5. The van der Waals surface area contributed by atoms with E-state index in [1.165, 1.54) is 77.2 Å². The average Bonchev–Trinajstić information content (AvgIpc) is 2.66. The molecule has 0 aliphatic rings. The summed E-state index contributed by atoms with van der Waals surface area (Å²) in [4.78, 5) is 22.9. The third kappa shape index (κ3) is 8.88. The van der Waals surface area contributed by atoms with Gasteiger partial charge in [-0.2, -0.15) is 0 Å². The fraction of sp³-hybridized carbons (Fsp3) is 0.667. The minimum absolute atomic E-state index is 0.0160. The number of aromatic carboxylic acids is 2. The zero-order chi connectivity index (χ0) is 21.6. The average molecular weight is 407 g/mol. The molecule has 1 aromatic carbocycles. The summed E-state index contributed by atoms with van der Waals surface area (Å²) in [7, 11) is 0.